The molecule has 0 N–H and O–H groups in total. The lowest BCUT2D eigenvalue weighted by molar-refractivity contribution is -0.120. The minimum absolute atomic E-state index is 0.0915. The fourth-order valence-electron chi connectivity index (χ4n) is 3.35. The number of hydrogen-bond acceptors (Lipinski definition) is 2. The molecule has 0 aromatic heterocycles. The summed E-state index contributed by atoms with van der Waals surface area (Å²) in [7, 11) is 0. The van der Waals surface area contributed by atoms with Crippen LogP contribution < -0.4 is 4.90 Å². The second-order valence-corrected chi connectivity index (χ2v) is 6.22. The average Bonchev–Trinajstić information content (AvgIpc) is 2.77. The number of carbonyl (C=O) groups excluding carboxylic acids is 1. The van der Waals surface area contributed by atoms with Crippen molar-refractivity contribution < 1.29 is 4.79 Å². The van der Waals surface area contributed by atoms with Crippen LogP contribution in [0.25, 0.3) is 0 Å². The Morgan fingerprint density at radius 1 is 1.05 bits per heavy atom. The first-order chi connectivity index (χ1) is 10.7. The topological polar surface area (TPSA) is 23.6 Å². The largest absolute Gasteiger partial charge is 0.332 e. The number of nitrogens with zero attached hydrogens (tertiary/aromatic N) is 2. The summed E-state index contributed by atoms with van der Waals surface area (Å²) in [4.78, 5) is 16.7. The van der Waals surface area contributed by atoms with Gasteiger partial charge in [0.1, 0.15) is 6.04 Å². The number of carbonyl (C=O) groups is 1. The minimum Gasteiger partial charge on any atom is -0.332 e. The number of rotatable bonds is 1. The number of aryl methyl sites for hydroxylation is 1. The van der Waals surface area contributed by atoms with E-state index in [1.54, 1.807) is 4.90 Å². The smallest absolute Gasteiger partial charge is 0.256 e. The maximum atomic E-state index is 12.9. The van der Waals surface area contributed by atoms with E-state index in [9.17, 15) is 4.79 Å². The van der Waals surface area contributed by atoms with Gasteiger partial charge in [0, 0.05) is 13.0 Å². The molecule has 0 aliphatic carbocycles. The second kappa shape index (κ2) is 4.92. The molecular formula is C18H16N2OS. The number of anilines is 1. The van der Waals surface area contributed by atoms with E-state index < -0.39 is 0 Å². The molecule has 1 fully saturated rings. The van der Waals surface area contributed by atoms with Crippen molar-refractivity contribution in [1.29, 1.82) is 0 Å². The molecule has 3 nitrogen and oxygen atoms in total. The first-order valence-electron chi connectivity index (χ1n) is 7.44. The molecule has 0 saturated carbocycles. The molecule has 1 saturated heterocycles. The van der Waals surface area contributed by atoms with Gasteiger partial charge in [-0.1, -0.05) is 42.5 Å². The van der Waals surface area contributed by atoms with E-state index in [0.29, 0.717) is 11.7 Å². The van der Waals surface area contributed by atoms with Crippen LogP contribution in [0.15, 0.2) is 48.5 Å². The molecule has 1 amide bonds. The van der Waals surface area contributed by atoms with E-state index >= 15 is 0 Å². The molecule has 0 unspecified atom stereocenters. The van der Waals surface area contributed by atoms with Crippen molar-refractivity contribution in [3.05, 3.63) is 65.2 Å². The lowest BCUT2D eigenvalue weighted by atomic mass is 9.95. The predicted octanol–water partition coefficient (Wildman–Crippen LogP) is 3.05. The second-order valence-electron chi connectivity index (χ2n) is 5.86. The fourth-order valence-corrected chi connectivity index (χ4v) is 3.73. The third-order valence-corrected chi connectivity index (χ3v) is 4.96. The van der Waals surface area contributed by atoms with E-state index in [1.165, 1.54) is 11.1 Å². The zero-order valence-electron chi connectivity index (χ0n) is 12.3. The highest BCUT2D eigenvalue weighted by molar-refractivity contribution is 7.80. The molecule has 0 spiro atoms. The monoisotopic (exact) mass is 308 g/mol. The lowest BCUT2D eigenvalue weighted by Crippen LogP contribution is -2.39. The van der Waals surface area contributed by atoms with Gasteiger partial charge in [-0.3, -0.25) is 9.69 Å². The van der Waals surface area contributed by atoms with Crippen molar-refractivity contribution in [2.75, 3.05) is 4.90 Å². The van der Waals surface area contributed by atoms with Crippen LogP contribution in [0.4, 0.5) is 5.69 Å². The Balaban J connectivity index is 1.75. The Bertz CT molecular complexity index is 743. The van der Waals surface area contributed by atoms with Gasteiger partial charge < -0.3 is 4.90 Å². The van der Waals surface area contributed by atoms with Crippen LogP contribution in [0.3, 0.4) is 0 Å². The number of benzene rings is 2. The summed E-state index contributed by atoms with van der Waals surface area (Å²) >= 11 is 5.62. The van der Waals surface area contributed by atoms with E-state index in [4.69, 9.17) is 12.2 Å². The zero-order valence-corrected chi connectivity index (χ0v) is 13.1. The van der Waals surface area contributed by atoms with Crippen LogP contribution in [0, 0.1) is 6.92 Å². The number of thiocarbonyl (C=S) groups is 1. The first kappa shape index (κ1) is 13.5. The van der Waals surface area contributed by atoms with Crippen LogP contribution in [0.1, 0.15) is 16.7 Å². The van der Waals surface area contributed by atoms with Crippen LogP contribution in [-0.4, -0.2) is 22.0 Å². The number of hydrogen-bond donors (Lipinski definition) is 0. The SMILES string of the molecule is Cc1ccccc1N1C(=O)[C@@H]2Cc3ccccc3CN2C1=S. The average molecular weight is 308 g/mol. The van der Waals surface area contributed by atoms with E-state index in [2.05, 4.69) is 17.0 Å². The number of fused-ring (bicyclic) bond motifs is 2. The number of para-hydroxylation sites is 1. The molecule has 2 aromatic carbocycles. The zero-order chi connectivity index (χ0) is 15.3. The van der Waals surface area contributed by atoms with Crippen molar-refractivity contribution in [2.45, 2.75) is 25.9 Å². The van der Waals surface area contributed by atoms with Crippen molar-refractivity contribution in [3.8, 4) is 0 Å². The Morgan fingerprint density at radius 2 is 1.73 bits per heavy atom. The third kappa shape index (κ3) is 1.87. The van der Waals surface area contributed by atoms with E-state index in [1.807, 2.05) is 43.3 Å². The van der Waals surface area contributed by atoms with Gasteiger partial charge in [-0.15, -0.1) is 0 Å². The van der Waals surface area contributed by atoms with Crippen LogP contribution in [0.2, 0.25) is 0 Å². The maximum absolute atomic E-state index is 12.9. The predicted molar refractivity (Wildman–Crippen MR) is 90.7 cm³/mol. The van der Waals surface area contributed by atoms with Gasteiger partial charge in [-0.25, -0.2) is 0 Å². The summed E-state index contributed by atoms with van der Waals surface area (Å²) in [5.41, 5.74) is 4.48. The molecule has 2 aliphatic heterocycles. The van der Waals surface area contributed by atoms with Gasteiger partial charge in [-0.05, 0) is 41.9 Å². The van der Waals surface area contributed by atoms with Crippen molar-refractivity contribution in [2.24, 2.45) is 0 Å². The van der Waals surface area contributed by atoms with Gasteiger partial charge in [-0.2, -0.15) is 0 Å². The lowest BCUT2D eigenvalue weighted by Gasteiger charge is -2.30. The fraction of sp³-hybridized carbons (Fsp3) is 0.222. The summed E-state index contributed by atoms with van der Waals surface area (Å²) in [6.45, 7) is 2.73. The molecule has 4 heteroatoms. The maximum Gasteiger partial charge on any atom is 0.256 e. The third-order valence-electron chi connectivity index (χ3n) is 4.55. The van der Waals surface area contributed by atoms with Gasteiger partial charge in [0.05, 0.1) is 5.69 Å². The van der Waals surface area contributed by atoms with E-state index in [0.717, 1.165) is 17.7 Å². The Labute approximate surface area is 135 Å². The Kier molecular flexibility index (Phi) is 3.01. The van der Waals surface area contributed by atoms with Crippen molar-refractivity contribution in [1.82, 2.24) is 4.90 Å². The van der Waals surface area contributed by atoms with Crippen molar-refractivity contribution in [3.63, 3.8) is 0 Å². The van der Waals surface area contributed by atoms with Gasteiger partial charge in [0.15, 0.2) is 5.11 Å². The standard InChI is InChI=1S/C18H16N2OS/c1-12-6-2-5-9-15(12)20-17(21)16-10-13-7-3-4-8-14(13)11-19(16)18(20)22/h2-9,16H,10-11H2,1H3/t16-/m0/s1. The Morgan fingerprint density at radius 3 is 2.50 bits per heavy atom. The molecule has 0 bridgehead atoms. The highest BCUT2D eigenvalue weighted by Crippen LogP contribution is 2.34. The molecule has 0 radical (unpaired) electrons. The quantitative estimate of drug-likeness (QED) is 0.757. The van der Waals surface area contributed by atoms with Crippen LogP contribution >= 0.6 is 12.2 Å². The molecule has 2 aromatic rings. The summed E-state index contributed by atoms with van der Waals surface area (Å²) < 4.78 is 0. The highest BCUT2D eigenvalue weighted by atomic mass is 32.1. The normalized spacial score (nSPS) is 20.1. The highest BCUT2D eigenvalue weighted by Gasteiger charge is 2.45. The molecule has 22 heavy (non-hydrogen) atoms. The Hall–Kier alpha value is -2.20. The van der Waals surface area contributed by atoms with Crippen LogP contribution in [-0.2, 0) is 17.8 Å². The minimum atomic E-state index is -0.165. The number of amides is 1. The first-order valence-corrected chi connectivity index (χ1v) is 7.84. The summed E-state index contributed by atoms with van der Waals surface area (Å²) in [6.07, 6.45) is 0.734. The molecular weight excluding hydrogens is 292 g/mol. The molecule has 110 valence electrons. The molecule has 2 aliphatic rings. The van der Waals surface area contributed by atoms with Gasteiger partial charge in [0.25, 0.3) is 5.91 Å². The van der Waals surface area contributed by atoms with Crippen molar-refractivity contribution >= 4 is 28.9 Å². The molecule has 2 heterocycles. The molecule has 4 rings (SSSR count). The van der Waals surface area contributed by atoms with Gasteiger partial charge >= 0.3 is 0 Å². The summed E-state index contributed by atoms with van der Waals surface area (Å²) in [5, 5.41) is 0.624. The molecule has 1 atom stereocenters. The van der Waals surface area contributed by atoms with E-state index in [-0.39, 0.29) is 11.9 Å². The summed E-state index contributed by atoms with van der Waals surface area (Å²) in [5.74, 6) is 0.0915. The van der Waals surface area contributed by atoms with Crippen LogP contribution in [0.5, 0.6) is 0 Å². The summed E-state index contributed by atoms with van der Waals surface area (Å²) in [6, 6.07) is 16.0. The van der Waals surface area contributed by atoms with Gasteiger partial charge in [0.2, 0.25) is 0 Å².